The molecule has 1 aromatic heterocycles. The highest BCUT2D eigenvalue weighted by atomic mass is 35.5. The van der Waals surface area contributed by atoms with Crippen molar-refractivity contribution in [2.45, 2.75) is 56.8 Å². The van der Waals surface area contributed by atoms with Crippen LogP contribution >= 0.6 is 11.6 Å². The van der Waals surface area contributed by atoms with Gasteiger partial charge in [0.15, 0.2) is 5.58 Å². The van der Waals surface area contributed by atoms with Crippen LogP contribution in [-0.4, -0.2) is 40.5 Å². The standard InChI is InChI=1S/C18H22ClN3O3/c1-21(14-9-12-3-4-13(10-14)20-12)17(23)6-7-22-15-5-2-11(19)8-16(15)25-18(22)24/h2,5,8,12-14,20H,3-4,6-7,9-10H2,1H3. The molecule has 1 amide bonds. The molecule has 2 saturated heterocycles. The molecule has 0 spiro atoms. The van der Waals surface area contributed by atoms with E-state index in [-0.39, 0.29) is 12.3 Å². The fourth-order valence-electron chi connectivity index (χ4n) is 4.18. The molecular weight excluding hydrogens is 342 g/mol. The highest BCUT2D eigenvalue weighted by molar-refractivity contribution is 6.31. The molecule has 2 aromatic rings. The molecule has 0 aliphatic carbocycles. The molecule has 3 heterocycles. The van der Waals surface area contributed by atoms with E-state index in [1.807, 2.05) is 11.9 Å². The summed E-state index contributed by atoms with van der Waals surface area (Å²) in [6, 6.07) is 6.47. The Balaban J connectivity index is 1.43. The lowest BCUT2D eigenvalue weighted by atomic mass is 9.98. The predicted molar refractivity (Wildman–Crippen MR) is 95.8 cm³/mol. The summed E-state index contributed by atoms with van der Waals surface area (Å²) in [7, 11) is 1.88. The number of benzene rings is 1. The van der Waals surface area contributed by atoms with Crippen LogP contribution in [0.5, 0.6) is 0 Å². The molecule has 2 fully saturated rings. The topological polar surface area (TPSA) is 67.5 Å². The van der Waals surface area contributed by atoms with Crippen molar-refractivity contribution < 1.29 is 9.21 Å². The van der Waals surface area contributed by atoms with Gasteiger partial charge in [0.2, 0.25) is 5.91 Å². The Kier molecular flexibility index (Phi) is 4.33. The number of fused-ring (bicyclic) bond motifs is 3. The van der Waals surface area contributed by atoms with Gasteiger partial charge in [0.1, 0.15) is 0 Å². The number of aryl methyl sites for hydroxylation is 1. The van der Waals surface area contributed by atoms with Crippen molar-refractivity contribution >= 4 is 28.6 Å². The summed E-state index contributed by atoms with van der Waals surface area (Å²) in [6.45, 7) is 0.314. The van der Waals surface area contributed by atoms with E-state index in [4.69, 9.17) is 16.0 Å². The molecule has 2 bridgehead atoms. The molecule has 2 unspecified atom stereocenters. The third-order valence-corrected chi connectivity index (χ3v) is 5.80. The number of hydrogen-bond acceptors (Lipinski definition) is 4. The summed E-state index contributed by atoms with van der Waals surface area (Å²) in [6.07, 6.45) is 4.74. The van der Waals surface area contributed by atoms with Gasteiger partial charge in [-0.25, -0.2) is 4.79 Å². The van der Waals surface area contributed by atoms with Gasteiger partial charge < -0.3 is 14.6 Å². The molecule has 1 aromatic carbocycles. The second-order valence-corrected chi connectivity index (χ2v) is 7.59. The van der Waals surface area contributed by atoms with E-state index in [1.165, 1.54) is 17.4 Å². The smallest absolute Gasteiger partial charge is 0.408 e. The van der Waals surface area contributed by atoms with Gasteiger partial charge in [-0.1, -0.05) is 11.6 Å². The zero-order chi connectivity index (χ0) is 17.6. The first-order valence-corrected chi connectivity index (χ1v) is 9.19. The van der Waals surface area contributed by atoms with E-state index in [0.29, 0.717) is 40.8 Å². The lowest BCUT2D eigenvalue weighted by Gasteiger charge is -2.35. The van der Waals surface area contributed by atoms with Crippen LogP contribution in [0.15, 0.2) is 27.4 Å². The molecular formula is C18H22ClN3O3. The Morgan fingerprint density at radius 1 is 1.36 bits per heavy atom. The Bertz CT molecular complexity index is 847. The molecule has 25 heavy (non-hydrogen) atoms. The quantitative estimate of drug-likeness (QED) is 0.905. The average Bonchev–Trinajstić information content (AvgIpc) is 3.09. The summed E-state index contributed by atoms with van der Waals surface area (Å²) in [5.41, 5.74) is 1.12. The van der Waals surface area contributed by atoms with Crippen LogP contribution in [0.4, 0.5) is 0 Å². The van der Waals surface area contributed by atoms with Crippen molar-refractivity contribution in [1.29, 1.82) is 0 Å². The first kappa shape index (κ1) is 16.7. The zero-order valence-electron chi connectivity index (χ0n) is 14.2. The maximum Gasteiger partial charge on any atom is 0.419 e. The van der Waals surface area contributed by atoms with E-state index in [9.17, 15) is 9.59 Å². The first-order chi connectivity index (χ1) is 12.0. The molecule has 0 saturated carbocycles. The SMILES string of the molecule is CN(C(=O)CCn1c(=O)oc2cc(Cl)ccc21)C1CC2CCC(C1)N2. The molecule has 4 rings (SSSR count). The number of amides is 1. The summed E-state index contributed by atoms with van der Waals surface area (Å²) >= 11 is 5.93. The van der Waals surface area contributed by atoms with Crippen LogP contribution in [0, 0.1) is 0 Å². The van der Waals surface area contributed by atoms with Crippen molar-refractivity contribution in [3.8, 4) is 0 Å². The summed E-state index contributed by atoms with van der Waals surface area (Å²) in [4.78, 5) is 26.5. The molecule has 0 radical (unpaired) electrons. The maximum absolute atomic E-state index is 12.6. The Morgan fingerprint density at radius 2 is 2.08 bits per heavy atom. The van der Waals surface area contributed by atoms with Crippen molar-refractivity contribution in [2.24, 2.45) is 0 Å². The summed E-state index contributed by atoms with van der Waals surface area (Å²) < 4.78 is 6.72. The van der Waals surface area contributed by atoms with E-state index < -0.39 is 5.76 Å². The largest absolute Gasteiger partial charge is 0.419 e. The minimum Gasteiger partial charge on any atom is -0.408 e. The van der Waals surface area contributed by atoms with Gasteiger partial charge in [0, 0.05) is 49.2 Å². The van der Waals surface area contributed by atoms with Gasteiger partial charge in [-0.2, -0.15) is 0 Å². The van der Waals surface area contributed by atoms with E-state index in [1.54, 1.807) is 18.2 Å². The van der Waals surface area contributed by atoms with Gasteiger partial charge >= 0.3 is 5.76 Å². The highest BCUT2D eigenvalue weighted by Crippen LogP contribution is 2.29. The summed E-state index contributed by atoms with van der Waals surface area (Å²) in [5.74, 6) is -0.380. The Labute approximate surface area is 150 Å². The number of nitrogens with one attached hydrogen (secondary N) is 1. The average molecular weight is 364 g/mol. The third-order valence-electron chi connectivity index (χ3n) is 5.57. The van der Waals surface area contributed by atoms with Crippen molar-refractivity contribution in [3.05, 3.63) is 33.8 Å². The molecule has 6 nitrogen and oxygen atoms in total. The minimum absolute atomic E-state index is 0.0708. The lowest BCUT2D eigenvalue weighted by Crippen LogP contribution is -2.48. The van der Waals surface area contributed by atoms with Gasteiger partial charge in [-0.05, 0) is 37.8 Å². The second-order valence-electron chi connectivity index (χ2n) is 7.15. The first-order valence-electron chi connectivity index (χ1n) is 8.82. The monoisotopic (exact) mass is 363 g/mol. The van der Waals surface area contributed by atoms with Gasteiger partial charge in [-0.15, -0.1) is 0 Å². The molecule has 2 aliphatic heterocycles. The van der Waals surface area contributed by atoms with Crippen LogP contribution in [0.2, 0.25) is 5.02 Å². The number of rotatable bonds is 4. The minimum atomic E-state index is -0.451. The molecule has 7 heteroatoms. The number of halogens is 1. The maximum atomic E-state index is 12.6. The van der Waals surface area contributed by atoms with Gasteiger partial charge in [0.25, 0.3) is 0 Å². The fraction of sp³-hybridized carbons (Fsp3) is 0.556. The highest BCUT2D eigenvalue weighted by Gasteiger charge is 2.36. The second kappa shape index (κ2) is 6.50. The summed E-state index contributed by atoms with van der Waals surface area (Å²) in [5, 5.41) is 4.11. The predicted octanol–water partition coefficient (Wildman–Crippen LogP) is 2.38. The van der Waals surface area contributed by atoms with E-state index >= 15 is 0 Å². The van der Waals surface area contributed by atoms with Crippen LogP contribution < -0.4 is 11.1 Å². The lowest BCUT2D eigenvalue weighted by molar-refractivity contribution is -0.132. The van der Waals surface area contributed by atoms with Crippen molar-refractivity contribution in [1.82, 2.24) is 14.8 Å². The number of hydrogen-bond donors (Lipinski definition) is 1. The van der Waals surface area contributed by atoms with Crippen LogP contribution in [0.3, 0.4) is 0 Å². The van der Waals surface area contributed by atoms with Gasteiger partial charge in [-0.3, -0.25) is 9.36 Å². The normalized spacial score (nSPS) is 25.4. The van der Waals surface area contributed by atoms with E-state index in [0.717, 1.165) is 12.8 Å². The Hall–Kier alpha value is -1.79. The van der Waals surface area contributed by atoms with Crippen molar-refractivity contribution in [2.75, 3.05) is 7.05 Å². The number of carbonyl (C=O) groups excluding carboxylic acids is 1. The number of carbonyl (C=O) groups is 1. The van der Waals surface area contributed by atoms with Crippen LogP contribution in [-0.2, 0) is 11.3 Å². The van der Waals surface area contributed by atoms with Gasteiger partial charge in [0.05, 0.1) is 5.52 Å². The number of oxazole rings is 1. The van der Waals surface area contributed by atoms with Crippen LogP contribution in [0.1, 0.15) is 32.1 Å². The number of aromatic nitrogens is 1. The molecule has 134 valence electrons. The van der Waals surface area contributed by atoms with E-state index in [2.05, 4.69) is 5.32 Å². The Morgan fingerprint density at radius 3 is 2.80 bits per heavy atom. The van der Waals surface area contributed by atoms with Crippen molar-refractivity contribution in [3.63, 3.8) is 0 Å². The van der Waals surface area contributed by atoms with Crippen LogP contribution in [0.25, 0.3) is 11.1 Å². The molecule has 1 N–H and O–H groups in total. The number of nitrogens with zero attached hydrogens (tertiary/aromatic N) is 2. The molecule has 2 atom stereocenters. The zero-order valence-corrected chi connectivity index (χ0v) is 15.0. The number of piperidine rings is 1. The fourth-order valence-corrected chi connectivity index (χ4v) is 4.34. The third kappa shape index (κ3) is 3.20. The molecule has 2 aliphatic rings.